The number of benzene rings is 3. The van der Waals surface area contributed by atoms with Crippen LogP contribution in [0.3, 0.4) is 0 Å². The van der Waals surface area contributed by atoms with Crippen molar-refractivity contribution in [1.82, 2.24) is 93.6 Å². The third kappa shape index (κ3) is 23.3. The van der Waals surface area contributed by atoms with Crippen LogP contribution in [0, 0.1) is 6.92 Å². The van der Waals surface area contributed by atoms with Gasteiger partial charge in [-0.05, 0) is 201 Å². The number of piperidine rings is 4. The second kappa shape index (κ2) is 39.9. The maximum absolute atomic E-state index is 14.1. The van der Waals surface area contributed by atoms with Crippen molar-refractivity contribution in [2.45, 2.75) is 128 Å². The summed E-state index contributed by atoms with van der Waals surface area (Å²) in [6, 6.07) is 35.3. The molecule has 15 heterocycles. The summed E-state index contributed by atoms with van der Waals surface area (Å²) < 4.78 is 117. The van der Waals surface area contributed by atoms with Gasteiger partial charge in [-0.3, -0.25) is 43.1 Å². The number of aryl methyl sites for hydroxylation is 1. The average Bonchev–Trinajstić information content (AvgIpc) is 1.64. The van der Waals surface area contributed by atoms with E-state index in [1.807, 2.05) is 80.8 Å². The Morgan fingerprint density at radius 2 is 0.836 bits per heavy atom. The molecule has 0 spiro atoms. The van der Waals surface area contributed by atoms with Crippen molar-refractivity contribution in [2.24, 2.45) is 0 Å². The molecule has 5 aliphatic heterocycles. The average molecular weight is 1890 g/mol. The summed E-state index contributed by atoms with van der Waals surface area (Å²) in [5.74, 6) is -0.420. The summed E-state index contributed by atoms with van der Waals surface area (Å²) in [5.41, 5.74) is 4.47. The molecule has 18 rings (SSSR count). The molecule has 0 radical (unpaired) electrons. The van der Waals surface area contributed by atoms with Crippen molar-refractivity contribution >= 4 is 117 Å². The zero-order chi connectivity index (χ0) is 95.2. The molecule has 5 fully saturated rings. The first-order chi connectivity index (χ1) is 63.8. The molecule has 0 unspecified atom stereocenters. The van der Waals surface area contributed by atoms with Crippen LogP contribution in [0.25, 0.3) is 78.3 Å². The first-order valence-corrected chi connectivity index (χ1v) is 48.1. The highest BCUT2D eigenvalue weighted by atomic mass is 35.5. The van der Waals surface area contributed by atoms with Crippen LogP contribution in [-0.2, 0) is 19.9 Å². The van der Waals surface area contributed by atoms with E-state index in [0.717, 1.165) is 44.7 Å². The van der Waals surface area contributed by atoms with Crippen LogP contribution in [0.5, 0.6) is 0 Å². The monoisotopic (exact) mass is 1890 g/mol. The van der Waals surface area contributed by atoms with E-state index in [2.05, 4.69) is 55.7 Å². The Balaban J connectivity index is 0.000000137. The Morgan fingerprint density at radius 3 is 1.21 bits per heavy atom. The number of sulfonamides is 1. The zero-order valence-corrected chi connectivity index (χ0v) is 77.0. The van der Waals surface area contributed by atoms with Crippen LogP contribution >= 0.6 is 11.6 Å². The van der Waals surface area contributed by atoms with Crippen LogP contribution in [0.2, 0.25) is 5.02 Å². The molecule has 0 bridgehead atoms. The zero-order valence-electron chi connectivity index (χ0n) is 74.6. The number of aliphatic hydroxyl groups excluding tert-OH is 1. The molecular weight excluding hydrogens is 1790 g/mol. The molecule has 39 heteroatoms. The second-order valence-corrected chi connectivity index (χ2v) is 39.9. The summed E-state index contributed by atoms with van der Waals surface area (Å²) in [7, 11) is -6.34. The number of carbonyl (C=O) groups is 7. The predicted octanol–water partition coefficient (Wildman–Crippen LogP) is 12.7. The van der Waals surface area contributed by atoms with E-state index >= 15 is 0 Å². The Hall–Kier alpha value is -13.2. The number of rotatable bonds is 19. The number of aliphatic hydroxyl groups is 1. The molecule has 32 nitrogen and oxygen atoms in total. The Bertz CT molecular complexity index is 6820. The van der Waals surface area contributed by atoms with Gasteiger partial charge in [-0.25, -0.2) is 59.1 Å². The van der Waals surface area contributed by atoms with Crippen molar-refractivity contribution in [3.05, 3.63) is 233 Å². The van der Waals surface area contributed by atoms with E-state index in [1.165, 1.54) is 12.4 Å². The number of alkyl halides is 4. The molecule has 0 aliphatic carbocycles. The van der Waals surface area contributed by atoms with Gasteiger partial charge in [0.15, 0.2) is 0 Å². The topological polar surface area (TPSA) is 392 Å². The van der Waals surface area contributed by atoms with Crippen molar-refractivity contribution < 1.29 is 77.6 Å². The minimum absolute atomic E-state index is 0.0667. The van der Waals surface area contributed by atoms with E-state index in [0.29, 0.717) is 206 Å². The van der Waals surface area contributed by atoms with Crippen molar-refractivity contribution in [2.75, 3.05) is 96.4 Å². The van der Waals surface area contributed by atoms with Gasteiger partial charge < -0.3 is 58.9 Å². The van der Waals surface area contributed by atoms with Crippen LogP contribution in [0.4, 0.5) is 17.6 Å². The molecule has 702 valence electrons. The van der Waals surface area contributed by atoms with E-state index < -0.39 is 42.5 Å². The van der Waals surface area contributed by atoms with Gasteiger partial charge in [0.1, 0.15) is 55.1 Å². The van der Waals surface area contributed by atoms with Crippen LogP contribution < -0.4 is 20.7 Å². The highest BCUT2D eigenvalue weighted by Gasteiger charge is 2.37. The smallest absolute Gasteiger partial charge is 0.255 e. The number of halogens is 5. The van der Waals surface area contributed by atoms with Gasteiger partial charge in [-0.1, -0.05) is 28.9 Å². The molecule has 0 saturated carbocycles. The van der Waals surface area contributed by atoms with E-state index in [4.69, 9.17) is 21.2 Å². The lowest BCUT2D eigenvalue weighted by molar-refractivity contribution is 0.0493. The van der Waals surface area contributed by atoms with Crippen LogP contribution in [0.15, 0.2) is 188 Å². The molecule has 5 aliphatic rings. The van der Waals surface area contributed by atoms with Gasteiger partial charge in [-0.15, -0.1) is 0 Å². The summed E-state index contributed by atoms with van der Waals surface area (Å²) in [6.45, 7) is 11.5. The van der Waals surface area contributed by atoms with E-state index in [9.17, 15) is 68.0 Å². The lowest BCUT2D eigenvalue weighted by Gasteiger charge is -2.34. The maximum Gasteiger partial charge on any atom is 0.255 e. The number of nitrogens with zero attached hydrogens (tertiary/aromatic N) is 15. The summed E-state index contributed by atoms with van der Waals surface area (Å²) in [5, 5.41) is 24.6. The minimum atomic E-state index is -3.31. The first kappa shape index (κ1) is 95.4. The highest BCUT2D eigenvalue weighted by molar-refractivity contribution is 7.91. The highest BCUT2D eigenvalue weighted by Crippen LogP contribution is 2.35. The lowest BCUT2D eigenvalue weighted by atomic mass is 9.95. The normalized spacial score (nSPS) is 16.9. The molecule has 134 heavy (non-hydrogen) atoms. The van der Waals surface area contributed by atoms with Gasteiger partial charge in [-0.2, -0.15) is 4.98 Å². The second-order valence-electron chi connectivity index (χ2n) is 35.3. The van der Waals surface area contributed by atoms with Gasteiger partial charge in [0, 0.05) is 207 Å². The third-order valence-corrected chi connectivity index (χ3v) is 27.2. The van der Waals surface area contributed by atoms with E-state index in [-0.39, 0.29) is 85.1 Å². The molecule has 13 aromatic rings. The Kier molecular flexibility index (Phi) is 28.4. The fourth-order valence-corrected chi connectivity index (χ4v) is 18.7. The molecule has 0 atom stereocenters. The van der Waals surface area contributed by atoms with Crippen molar-refractivity contribution in [3.8, 4) is 34.1 Å². The van der Waals surface area contributed by atoms with Gasteiger partial charge in [0.25, 0.3) is 41.4 Å². The number of aromatic nitrogens is 11. The molecule has 5 N–H and O–H groups in total. The summed E-state index contributed by atoms with van der Waals surface area (Å²) in [6.07, 6.45) is 21.4. The minimum Gasteiger partial charge on any atom is -0.395 e. The number of carbonyl (C=O) groups excluding carboxylic acids is 7. The number of amides is 7. The Morgan fingerprint density at radius 1 is 0.463 bits per heavy atom. The molecule has 5 saturated heterocycles. The quantitative estimate of drug-likeness (QED) is 0.0371. The SMILES string of the molecule is CC1(F)CCN(C(=O)c2cnc3c(ccn3-c3cc(Cl)cc(C(=O)NC4CCS(=O)(=O)CC4)c3)c2)CC1.CC1(F)CCN(C(=O)c2cnc3c(ccn3-c3cccc(C(=O)NCCNS(C)(=O)=O)c3)c2)CC1.CC1(F)CCN(C(=O)c2cnc3c(ccn3-c3cccc(C(=O)NCCO)c3)c2)CC1.Cc1nc(-c2cncc(-n3ccc4cc(C(=O)N5CCC(C)(F)CC5)cnc43)c2)no1. The molecular formula is C95H102ClF4N19O13S2. The van der Waals surface area contributed by atoms with Crippen molar-refractivity contribution in [3.63, 3.8) is 0 Å². The molecule has 7 amide bonds. The number of nitrogens with one attached hydrogen (secondary N) is 4. The standard InChI is InChI=1S/C26H28ClFN4O4S.C24H28FN5O4S.C23H25FN4O3.C22H21FN6O2/c1-26(28)5-8-31(9-6-26)25(34)19-12-17-2-7-32(23(17)29-16-19)22-14-18(13-20(27)15-22)24(33)30-21-3-10-37(35,36)11-4-21;1-24(25)7-12-29(13-8-24)23(32)19-14-17-6-11-30(21(17)27-16-19)20-5-3-4-18(15-20)22(31)26-9-10-28-35(2,33)34;1-23(24)6-10-27(11-7-23)22(31)18-13-16-5-9-28(20(16)26-15-18)19-4-2-3-17(14-19)21(30)25-8-12-29;1-14-26-19(27-31-14)16-10-18(13-24-11-16)29-6-3-15-9-17(12-25-20(15)29)21(30)28-7-4-22(2,23)5-8-28/h2,7,12-16,21H,3-6,8-11H2,1H3,(H,30,33);3-6,11,14-16,28H,7-10,12-13H2,1-2H3,(H,26,31);2-5,9,13-15,29H,6-8,10-12H2,1H3,(H,25,30);3,6,9-13H,4-5,7-8H2,1-2H3. The number of likely N-dealkylation sites (tertiary alicyclic amines) is 4. The van der Waals surface area contributed by atoms with Crippen molar-refractivity contribution in [1.29, 1.82) is 0 Å². The fraction of sp³-hybridized carbons (Fsp3) is 0.368. The number of hydrogen-bond donors (Lipinski definition) is 5. The number of fused-ring (bicyclic) bond motifs is 4. The van der Waals surface area contributed by atoms with Crippen LogP contribution in [-0.4, -0.2) is 261 Å². The Labute approximate surface area is 774 Å². The van der Waals surface area contributed by atoms with Crippen LogP contribution in [0.1, 0.15) is 170 Å². The fourth-order valence-electron chi connectivity index (χ4n) is 16.5. The lowest BCUT2D eigenvalue weighted by Crippen LogP contribution is -2.43. The maximum atomic E-state index is 14.1. The molecule has 10 aromatic heterocycles. The summed E-state index contributed by atoms with van der Waals surface area (Å²) >= 11 is 6.35. The summed E-state index contributed by atoms with van der Waals surface area (Å²) in [4.78, 5) is 122. The third-order valence-electron chi connectivity index (χ3n) is 24.5. The predicted molar refractivity (Wildman–Crippen MR) is 497 cm³/mol. The van der Waals surface area contributed by atoms with Gasteiger partial charge >= 0.3 is 0 Å². The van der Waals surface area contributed by atoms with E-state index in [1.54, 1.807) is 163 Å². The first-order valence-electron chi connectivity index (χ1n) is 44.0. The number of sulfone groups is 1. The largest absolute Gasteiger partial charge is 0.395 e. The molecule has 3 aromatic carbocycles. The number of hydrogen-bond acceptors (Lipinski definition) is 20. The van der Waals surface area contributed by atoms with Gasteiger partial charge in [0.2, 0.25) is 21.7 Å². The van der Waals surface area contributed by atoms with Gasteiger partial charge in [0.05, 0.1) is 58.5 Å². The number of pyridine rings is 5.